The van der Waals surface area contributed by atoms with Crippen LogP contribution in [0, 0.1) is 11.3 Å². The van der Waals surface area contributed by atoms with Crippen molar-refractivity contribution in [3.05, 3.63) is 63.8 Å². The Balaban J connectivity index is 2.04. The molecular formula is C26H23N3O7S. The molecule has 0 fully saturated rings. The second kappa shape index (κ2) is 10.2. The van der Waals surface area contributed by atoms with E-state index in [9.17, 15) is 25.1 Å². The van der Waals surface area contributed by atoms with E-state index in [1.54, 1.807) is 25.1 Å². The van der Waals surface area contributed by atoms with E-state index < -0.39 is 17.1 Å². The number of anilines is 1. The number of thioether (sulfide) groups is 1. The lowest BCUT2D eigenvalue weighted by Crippen LogP contribution is -2.42. The van der Waals surface area contributed by atoms with E-state index in [1.165, 1.54) is 38.5 Å². The molecule has 0 saturated carbocycles. The highest BCUT2D eigenvalue weighted by molar-refractivity contribution is 8.10. The lowest BCUT2D eigenvalue weighted by atomic mass is 10.1. The minimum absolute atomic E-state index is 0.00391. The number of benzene rings is 2. The van der Waals surface area contributed by atoms with Gasteiger partial charge in [0.15, 0.2) is 28.7 Å². The molecule has 37 heavy (non-hydrogen) atoms. The average molecular weight is 522 g/mol. The monoisotopic (exact) mass is 521 g/mol. The SMILES string of the molecule is CCOC(=O)C1=c2/c(=C/c3ccc(O)c(OC)c3)c(N)c(C#N)n2C(=O)C(c2ccc(O)c(OC)c2)S1. The van der Waals surface area contributed by atoms with Crippen LogP contribution in [-0.4, -0.2) is 47.5 Å². The topological polar surface area (TPSA) is 157 Å². The molecule has 0 amide bonds. The van der Waals surface area contributed by atoms with Crippen LogP contribution in [0.4, 0.5) is 5.69 Å². The van der Waals surface area contributed by atoms with Crippen molar-refractivity contribution in [3.63, 3.8) is 0 Å². The summed E-state index contributed by atoms with van der Waals surface area (Å²) in [5.41, 5.74) is 7.22. The van der Waals surface area contributed by atoms with E-state index in [0.29, 0.717) is 11.1 Å². The number of hydrogen-bond acceptors (Lipinski definition) is 10. The standard InChI is InChI=1S/C26H23N3O7S/c1-4-36-26(33)24-22-15(9-13-5-7-17(30)19(10-13)34-2)21(28)16(12-27)29(22)25(32)23(37-24)14-6-8-18(31)20(11-14)35-3/h5-11,23,30-31H,4,28H2,1-3H3/b15-9+. The fourth-order valence-corrected chi connectivity index (χ4v) is 5.20. The Morgan fingerprint density at radius 1 is 1.16 bits per heavy atom. The number of aromatic hydroxyl groups is 2. The first-order chi connectivity index (χ1) is 17.7. The average Bonchev–Trinajstić information content (AvgIpc) is 3.17. The number of esters is 1. The van der Waals surface area contributed by atoms with Gasteiger partial charge < -0.3 is 30.2 Å². The van der Waals surface area contributed by atoms with Crippen molar-refractivity contribution in [1.29, 1.82) is 5.26 Å². The van der Waals surface area contributed by atoms with Crippen molar-refractivity contribution < 1.29 is 34.0 Å². The molecule has 0 spiro atoms. The lowest BCUT2D eigenvalue weighted by Gasteiger charge is -2.23. The largest absolute Gasteiger partial charge is 0.504 e. The number of aromatic nitrogens is 1. The Labute approximate surface area is 215 Å². The summed E-state index contributed by atoms with van der Waals surface area (Å²) in [6, 6.07) is 11.0. The number of phenolic OH excluding ortho intramolecular Hbond substituents is 2. The number of nitriles is 1. The molecule has 0 saturated heterocycles. The van der Waals surface area contributed by atoms with E-state index in [-0.39, 0.29) is 56.5 Å². The predicted octanol–water partition coefficient (Wildman–Crippen LogP) is 2.00. The van der Waals surface area contributed by atoms with Crippen LogP contribution in [0.2, 0.25) is 0 Å². The van der Waals surface area contributed by atoms with Crippen LogP contribution in [-0.2, 0) is 9.53 Å². The Hall–Kier alpha value is -4.56. The van der Waals surface area contributed by atoms with Gasteiger partial charge in [-0.25, -0.2) is 4.79 Å². The number of nitrogens with two attached hydrogens (primary N) is 1. The second-order valence-electron chi connectivity index (χ2n) is 7.86. The smallest absolute Gasteiger partial charge is 0.346 e. The summed E-state index contributed by atoms with van der Waals surface area (Å²) in [5, 5.41) is 29.3. The van der Waals surface area contributed by atoms with Gasteiger partial charge in [-0.3, -0.25) is 9.36 Å². The van der Waals surface area contributed by atoms with Gasteiger partial charge in [0.25, 0.3) is 0 Å². The van der Waals surface area contributed by atoms with Gasteiger partial charge in [-0.05, 0) is 48.4 Å². The van der Waals surface area contributed by atoms with Crippen molar-refractivity contribution in [2.45, 2.75) is 12.2 Å². The number of nitrogen functional groups attached to an aromatic ring is 1. The zero-order chi connectivity index (χ0) is 26.9. The van der Waals surface area contributed by atoms with Crippen molar-refractivity contribution in [2.24, 2.45) is 0 Å². The van der Waals surface area contributed by atoms with Crippen molar-refractivity contribution in [3.8, 4) is 29.1 Å². The maximum absolute atomic E-state index is 13.8. The molecule has 0 radical (unpaired) electrons. The number of carbonyl (C=O) groups is 2. The number of phenols is 2. The first-order valence-corrected chi connectivity index (χ1v) is 11.9. The second-order valence-corrected chi connectivity index (χ2v) is 8.98. The third kappa shape index (κ3) is 4.43. The van der Waals surface area contributed by atoms with Gasteiger partial charge in [0, 0.05) is 5.22 Å². The summed E-state index contributed by atoms with van der Waals surface area (Å²) >= 11 is 0.961. The van der Waals surface area contributed by atoms with Gasteiger partial charge in [0.2, 0.25) is 5.91 Å². The molecule has 1 aromatic heterocycles. The number of fused-ring (bicyclic) bond motifs is 1. The first-order valence-electron chi connectivity index (χ1n) is 11.0. The zero-order valence-electron chi connectivity index (χ0n) is 20.1. The van der Waals surface area contributed by atoms with Crippen LogP contribution in [0.5, 0.6) is 23.0 Å². The van der Waals surface area contributed by atoms with Crippen LogP contribution < -0.4 is 25.8 Å². The van der Waals surface area contributed by atoms with E-state index in [1.807, 2.05) is 6.07 Å². The van der Waals surface area contributed by atoms with E-state index in [4.69, 9.17) is 19.9 Å². The molecule has 1 unspecified atom stereocenters. The highest BCUT2D eigenvalue weighted by Gasteiger charge is 2.37. The summed E-state index contributed by atoms with van der Waals surface area (Å²) in [7, 11) is 2.78. The molecule has 0 aliphatic carbocycles. The van der Waals surface area contributed by atoms with Gasteiger partial charge in [0.1, 0.15) is 16.2 Å². The van der Waals surface area contributed by atoms with Crippen LogP contribution >= 0.6 is 11.8 Å². The molecular weight excluding hydrogens is 498 g/mol. The summed E-state index contributed by atoms with van der Waals surface area (Å²) < 4.78 is 16.8. The van der Waals surface area contributed by atoms with Crippen LogP contribution in [0.15, 0.2) is 36.4 Å². The van der Waals surface area contributed by atoms with Crippen molar-refractivity contribution >= 4 is 40.3 Å². The molecule has 1 atom stereocenters. The maximum Gasteiger partial charge on any atom is 0.346 e. The number of rotatable bonds is 6. The molecule has 190 valence electrons. The molecule has 0 bridgehead atoms. The molecule has 1 aliphatic rings. The normalized spacial score (nSPS) is 15.2. The molecule has 11 heteroatoms. The highest BCUT2D eigenvalue weighted by atomic mass is 32.2. The fraction of sp³-hybridized carbons (Fsp3) is 0.192. The minimum Gasteiger partial charge on any atom is -0.504 e. The molecule has 4 N–H and O–H groups in total. The zero-order valence-corrected chi connectivity index (χ0v) is 21.0. The Morgan fingerprint density at radius 3 is 2.43 bits per heavy atom. The van der Waals surface area contributed by atoms with E-state index in [0.717, 1.165) is 16.3 Å². The third-order valence-corrected chi connectivity index (χ3v) is 7.04. The van der Waals surface area contributed by atoms with Gasteiger partial charge in [-0.2, -0.15) is 5.26 Å². The molecule has 2 aromatic carbocycles. The predicted molar refractivity (Wildman–Crippen MR) is 137 cm³/mol. The number of nitrogens with zero attached hydrogens (tertiary/aromatic N) is 2. The van der Waals surface area contributed by atoms with Gasteiger partial charge in [-0.15, -0.1) is 0 Å². The van der Waals surface area contributed by atoms with Crippen LogP contribution in [0.1, 0.15) is 33.8 Å². The van der Waals surface area contributed by atoms with Crippen LogP contribution in [0.3, 0.4) is 0 Å². The van der Waals surface area contributed by atoms with Crippen molar-refractivity contribution in [1.82, 2.24) is 4.57 Å². The fourth-order valence-electron chi connectivity index (χ4n) is 4.01. The Morgan fingerprint density at radius 2 is 1.81 bits per heavy atom. The number of ether oxygens (including phenoxy) is 3. The Bertz CT molecular complexity index is 1590. The summed E-state index contributed by atoms with van der Waals surface area (Å²) in [5.74, 6) is -1.01. The minimum atomic E-state index is -0.957. The van der Waals surface area contributed by atoms with Crippen LogP contribution in [0.25, 0.3) is 11.0 Å². The molecule has 3 aromatic rings. The molecule has 4 rings (SSSR count). The van der Waals surface area contributed by atoms with Gasteiger partial charge in [-0.1, -0.05) is 23.9 Å². The van der Waals surface area contributed by atoms with E-state index in [2.05, 4.69) is 0 Å². The number of hydrogen-bond donors (Lipinski definition) is 3. The van der Waals surface area contributed by atoms with E-state index >= 15 is 0 Å². The summed E-state index contributed by atoms with van der Waals surface area (Å²) in [6.45, 7) is 1.74. The number of methoxy groups -OCH3 is 2. The lowest BCUT2D eigenvalue weighted by molar-refractivity contribution is -0.135. The quantitative estimate of drug-likeness (QED) is 0.410. The van der Waals surface area contributed by atoms with Gasteiger partial charge >= 0.3 is 5.97 Å². The highest BCUT2D eigenvalue weighted by Crippen LogP contribution is 2.42. The summed E-state index contributed by atoms with van der Waals surface area (Å²) in [6.07, 6.45) is 1.60. The first kappa shape index (κ1) is 25.5. The Kier molecular flexibility index (Phi) is 7.04. The maximum atomic E-state index is 13.8. The molecule has 10 nitrogen and oxygen atoms in total. The molecule has 1 aliphatic heterocycles. The summed E-state index contributed by atoms with van der Waals surface area (Å²) in [4.78, 5) is 27.0. The molecule has 2 heterocycles. The number of carbonyl (C=O) groups excluding carboxylic acids is 2. The van der Waals surface area contributed by atoms with Gasteiger partial charge in [0.05, 0.1) is 31.9 Å². The third-order valence-electron chi connectivity index (χ3n) is 5.73. The van der Waals surface area contributed by atoms with Crippen molar-refractivity contribution in [2.75, 3.05) is 26.6 Å².